The number of hydrogen-bond donors (Lipinski definition) is 0. The maximum atomic E-state index is 14.0. The summed E-state index contributed by atoms with van der Waals surface area (Å²) in [6.45, 7) is 4.93. The lowest BCUT2D eigenvalue weighted by Gasteiger charge is -2.29. The van der Waals surface area contributed by atoms with E-state index in [1.807, 2.05) is 0 Å². The number of halogens is 4. The molecule has 0 unspecified atom stereocenters. The molecule has 0 spiro atoms. The zero-order valence-electron chi connectivity index (χ0n) is 15.1. The Bertz CT molecular complexity index is 781. The zero-order valence-corrected chi connectivity index (χ0v) is 15.1. The van der Waals surface area contributed by atoms with Crippen LogP contribution in [0.4, 0.5) is 17.6 Å². The largest absolute Gasteiger partial charge is 0.459 e. The minimum atomic E-state index is -1.77. The monoisotopic (exact) mass is 389 g/mol. The van der Waals surface area contributed by atoms with Gasteiger partial charge in [-0.25, -0.2) is 17.6 Å². The Hall–Kier alpha value is -2.16. The van der Waals surface area contributed by atoms with Gasteiger partial charge in [0.15, 0.2) is 23.3 Å². The molecule has 0 N–H and O–H groups in total. The molecular formula is C18H19F4NO4. The second-order valence-corrected chi connectivity index (χ2v) is 7.90. The lowest BCUT2D eigenvalue weighted by Crippen LogP contribution is -2.44. The summed E-state index contributed by atoms with van der Waals surface area (Å²) in [6.07, 6.45) is 0. The molecule has 2 atom stereocenters. The summed E-state index contributed by atoms with van der Waals surface area (Å²) in [5.74, 6) is -9.11. The highest BCUT2D eigenvalue weighted by atomic mass is 19.2. The van der Waals surface area contributed by atoms with Crippen molar-refractivity contribution in [3.63, 3.8) is 0 Å². The minimum absolute atomic E-state index is 0.0150. The van der Waals surface area contributed by atoms with E-state index in [-0.39, 0.29) is 32.4 Å². The summed E-state index contributed by atoms with van der Waals surface area (Å²) in [7, 11) is 0. The number of carbonyl (C=O) groups excluding carboxylic acids is 2. The van der Waals surface area contributed by atoms with E-state index >= 15 is 0 Å². The fraction of sp³-hybridized carbons (Fsp3) is 0.556. The van der Waals surface area contributed by atoms with Gasteiger partial charge < -0.3 is 14.4 Å². The van der Waals surface area contributed by atoms with Crippen molar-refractivity contribution in [2.24, 2.45) is 11.3 Å². The molecule has 0 radical (unpaired) electrons. The van der Waals surface area contributed by atoms with Gasteiger partial charge in [-0.15, -0.1) is 0 Å². The number of nitrogens with zero attached hydrogens (tertiary/aromatic N) is 1. The van der Waals surface area contributed by atoms with Crippen LogP contribution < -0.4 is 0 Å². The van der Waals surface area contributed by atoms with Crippen molar-refractivity contribution in [1.82, 2.24) is 4.90 Å². The van der Waals surface area contributed by atoms with Gasteiger partial charge in [0, 0.05) is 25.1 Å². The first-order valence-corrected chi connectivity index (χ1v) is 8.40. The maximum absolute atomic E-state index is 14.0. The molecule has 0 saturated carbocycles. The van der Waals surface area contributed by atoms with Crippen molar-refractivity contribution in [2.75, 3.05) is 26.3 Å². The first-order chi connectivity index (χ1) is 12.5. The fourth-order valence-electron chi connectivity index (χ4n) is 3.48. The van der Waals surface area contributed by atoms with Crippen LogP contribution in [0.2, 0.25) is 0 Å². The summed E-state index contributed by atoms with van der Waals surface area (Å²) >= 11 is 0. The SMILES string of the molecule is CC(C)(C)OC(=O)[C@]12COC[C@H]1CN(C(=O)c1c(F)c(F)cc(F)c1F)C2. The minimum Gasteiger partial charge on any atom is -0.459 e. The van der Waals surface area contributed by atoms with E-state index < -0.39 is 57.6 Å². The number of hydrogen-bond acceptors (Lipinski definition) is 4. The van der Waals surface area contributed by atoms with Gasteiger partial charge in [0.05, 0.1) is 13.2 Å². The number of fused-ring (bicyclic) bond motifs is 1. The summed E-state index contributed by atoms with van der Waals surface area (Å²) in [4.78, 5) is 26.3. The Kier molecular flexibility index (Phi) is 4.70. The molecule has 2 fully saturated rings. The van der Waals surface area contributed by atoms with Crippen molar-refractivity contribution < 1.29 is 36.6 Å². The molecular weight excluding hydrogens is 370 g/mol. The van der Waals surface area contributed by atoms with E-state index in [0.29, 0.717) is 0 Å². The molecule has 0 aliphatic carbocycles. The van der Waals surface area contributed by atoms with Gasteiger partial charge in [0.25, 0.3) is 5.91 Å². The molecule has 0 aromatic heterocycles. The van der Waals surface area contributed by atoms with E-state index in [2.05, 4.69) is 0 Å². The number of rotatable bonds is 2. The van der Waals surface area contributed by atoms with Crippen molar-refractivity contribution in [2.45, 2.75) is 26.4 Å². The Morgan fingerprint density at radius 1 is 1.19 bits per heavy atom. The van der Waals surface area contributed by atoms with Crippen LogP contribution in [0.3, 0.4) is 0 Å². The van der Waals surface area contributed by atoms with Gasteiger partial charge >= 0.3 is 5.97 Å². The lowest BCUT2D eigenvalue weighted by molar-refractivity contribution is -0.168. The number of ether oxygens (including phenoxy) is 2. The topological polar surface area (TPSA) is 55.8 Å². The lowest BCUT2D eigenvalue weighted by atomic mass is 9.81. The first-order valence-electron chi connectivity index (χ1n) is 8.40. The van der Waals surface area contributed by atoms with Crippen molar-refractivity contribution in [3.8, 4) is 0 Å². The van der Waals surface area contributed by atoms with Gasteiger partial charge in [-0.1, -0.05) is 0 Å². The highest BCUT2D eigenvalue weighted by Gasteiger charge is 2.58. The van der Waals surface area contributed by atoms with E-state index in [1.54, 1.807) is 20.8 Å². The quantitative estimate of drug-likeness (QED) is 0.443. The molecule has 2 heterocycles. The van der Waals surface area contributed by atoms with Crippen LogP contribution in [0.1, 0.15) is 31.1 Å². The van der Waals surface area contributed by atoms with Crippen LogP contribution in [0.15, 0.2) is 6.07 Å². The molecule has 1 amide bonds. The highest BCUT2D eigenvalue weighted by molar-refractivity contribution is 5.96. The third-order valence-electron chi connectivity index (χ3n) is 4.79. The van der Waals surface area contributed by atoms with Crippen LogP contribution in [-0.2, 0) is 14.3 Å². The van der Waals surface area contributed by atoms with Gasteiger partial charge in [0.1, 0.15) is 16.6 Å². The Morgan fingerprint density at radius 2 is 1.78 bits per heavy atom. The summed E-state index contributed by atoms with van der Waals surface area (Å²) < 4.78 is 65.6. The average molecular weight is 389 g/mol. The van der Waals surface area contributed by atoms with Crippen molar-refractivity contribution >= 4 is 11.9 Å². The molecule has 0 bridgehead atoms. The van der Waals surface area contributed by atoms with Gasteiger partial charge in [0.2, 0.25) is 0 Å². The second kappa shape index (κ2) is 6.47. The fourth-order valence-corrected chi connectivity index (χ4v) is 3.48. The van der Waals surface area contributed by atoms with Crippen LogP contribution in [-0.4, -0.2) is 48.7 Å². The van der Waals surface area contributed by atoms with Gasteiger partial charge in [-0.3, -0.25) is 9.59 Å². The smallest absolute Gasteiger partial charge is 0.317 e. The van der Waals surface area contributed by atoms with Crippen LogP contribution in [0, 0.1) is 34.6 Å². The Balaban J connectivity index is 1.91. The molecule has 2 aliphatic heterocycles. The number of amides is 1. The molecule has 5 nitrogen and oxygen atoms in total. The normalized spacial score (nSPS) is 24.9. The molecule has 3 rings (SSSR count). The number of benzene rings is 1. The van der Waals surface area contributed by atoms with E-state index in [1.165, 1.54) is 0 Å². The Labute approximate surface area is 153 Å². The highest BCUT2D eigenvalue weighted by Crippen LogP contribution is 2.43. The predicted molar refractivity (Wildman–Crippen MR) is 84.8 cm³/mol. The standard InChI is InChI=1S/C18H19F4NO4/c1-17(2,3)27-16(25)18-7-23(5-9(18)6-26-8-18)15(24)12-13(21)10(19)4-11(20)14(12)22/h4,9H,5-8H2,1-3H3/t9-,18-/m1/s1. The summed E-state index contributed by atoms with van der Waals surface area (Å²) in [5.41, 5.74) is -3.27. The molecule has 1 aromatic carbocycles. The summed E-state index contributed by atoms with van der Waals surface area (Å²) in [5, 5.41) is 0. The third-order valence-corrected chi connectivity index (χ3v) is 4.79. The zero-order chi connectivity index (χ0) is 20.1. The van der Waals surface area contributed by atoms with Crippen LogP contribution >= 0.6 is 0 Å². The van der Waals surface area contributed by atoms with Crippen LogP contribution in [0.25, 0.3) is 0 Å². The number of carbonyl (C=O) groups is 2. The maximum Gasteiger partial charge on any atom is 0.317 e. The van der Waals surface area contributed by atoms with Gasteiger partial charge in [-0.2, -0.15) is 0 Å². The molecule has 2 saturated heterocycles. The molecule has 27 heavy (non-hydrogen) atoms. The molecule has 2 aliphatic rings. The molecule has 1 aromatic rings. The average Bonchev–Trinajstić information content (AvgIpc) is 3.09. The van der Waals surface area contributed by atoms with E-state index in [4.69, 9.17) is 9.47 Å². The first kappa shape index (κ1) is 19.6. The number of esters is 1. The van der Waals surface area contributed by atoms with E-state index in [9.17, 15) is 27.2 Å². The number of likely N-dealkylation sites (tertiary alicyclic amines) is 1. The molecule has 9 heteroatoms. The predicted octanol–water partition coefficient (Wildman–Crippen LogP) is 2.67. The van der Waals surface area contributed by atoms with Crippen molar-refractivity contribution in [1.29, 1.82) is 0 Å². The molecule has 148 valence electrons. The van der Waals surface area contributed by atoms with Crippen LogP contribution in [0.5, 0.6) is 0 Å². The van der Waals surface area contributed by atoms with Gasteiger partial charge in [-0.05, 0) is 20.8 Å². The third kappa shape index (κ3) is 3.28. The Morgan fingerprint density at radius 3 is 2.33 bits per heavy atom. The second-order valence-electron chi connectivity index (χ2n) is 7.90. The van der Waals surface area contributed by atoms with E-state index in [0.717, 1.165) is 4.90 Å². The summed E-state index contributed by atoms with van der Waals surface area (Å²) in [6, 6.07) is 0.0379. The van der Waals surface area contributed by atoms with Crippen molar-refractivity contribution in [3.05, 3.63) is 34.9 Å².